The third-order valence-corrected chi connectivity index (χ3v) is 3.81. The molecular weight excluding hydrogens is 258 g/mol. The van der Waals surface area contributed by atoms with Crippen LogP contribution in [0.2, 0.25) is 0 Å². The highest BCUT2D eigenvalue weighted by molar-refractivity contribution is 6.19. The number of benzene rings is 1. The van der Waals surface area contributed by atoms with Gasteiger partial charge in [-0.25, -0.2) is 0 Å². The van der Waals surface area contributed by atoms with E-state index in [2.05, 4.69) is 16.7 Å². The predicted octanol–water partition coefficient (Wildman–Crippen LogP) is 4.12. The molecule has 0 bridgehead atoms. The first-order valence-electron chi connectivity index (χ1n) is 6.63. The van der Waals surface area contributed by atoms with Gasteiger partial charge in [0.2, 0.25) is 0 Å². The molecule has 0 N–H and O–H groups in total. The second-order valence-corrected chi connectivity index (χ2v) is 5.39. The molecule has 2 aromatic rings. The van der Waals surface area contributed by atoms with Crippen LogP contribution in [-0.4, -0.2) is 16.7 Å². The standard InChI is InChI=1S/C16H16ClNO/c17-8-2-5-13-3-1-4-14-9-15(11-19)18(16(13)14)10-12-6-7-12/h1-5,9,11-12H,6-8,10H2. The quantitative estimate of drug-likeness (QED) is 0.593. The minimum absolute atomic E-state index is 0.500. The second kappa shape index (κ2) is 5.22. The van der Waals surface area contributed by atoms with Crippen molar-refractivity contribution in [2.45, 2.75) is 19.4 Å². The van der Waals surface area contributed by atoms with Gasteiger partial charge in [-0.05, 0) is 30.4 Å². The lowest BCUT2D eigenvalue weighted by Crippen LogP contribution is -2.04. The Balaban J connectivity index is 2.17. The van der Waals surface area contributed by atoms with Crippen molar-refractivity contribution in [3.8, 4) is 0 Å². The fraction of sp³-hybridized carbons (Fsp3) is 0.312. The van der Waals surface area contributed by atoms with Crippen LogP contribution in [0.4, 0.5) is 0 Å². The van der Waals surface area contributed by atoms with Crippen LogP contribution < -0.4 is 0 Å². The number of aldehydes is 1. The molecule has 3 rings (SSSR count). The van der Waals surface area contributed by atoms with Crippen molar-refractivity contribution in [2.24, 2.45) is 5.92 Å². The Bertz CT molecular complexity index is 637. The van der Waals surface area contributed by atoms with Crippen molar-refractivity contribution in [1.82, 2.24) is 4.57 Å². The third-order valence-electron chi connectivity index (χ3n) is 3.63. The summed E-state index contributed by atoms with van der Waals surface area (Å²) < 4.78 is 2.16. The van der Waals surface area contributed by atoms with Gasteiger partial charge in [-0.2, -0.15) is 0 Å². The van der Waals surface area contributed by atoms with E-state index in [-0.39, 0.29) is 0 Å². The summed E-state index contributed by atoms with van der Waals surface area (Å²) in [6.45, 7) is 0.948. The van der Waals surface area contributed by atoms with E-state index < -0.39 is 0 Å². The van der Waals surface area contributed by atoms with E-state index in [4.69, 9.17) is 11.6 Å². The maximum atomic E-state index is 11.3. The van der Waals surface area contributed by atoms with Gasteiger partial charge in [0.15, 0.2) is 6.29 Å². The maximum absolute atomic E-state index is 11.3. The van der Waals surface area contributed by atoms with Gasteiger partial charge in [-0.3, -0.25) is 4.79 Å². The monoisotopic (exact) mass is 273 g/mol. The normalized spacial score (nSPS) is 15.4. The van der Waals surface area contributed by atoms with Crippen LogP contribution in [0.5, 0.6) is 0 Å². The molecule has 1 fully saturated rings. The zero-order chi connectivity index (χ0) is 13.2. The van der Waals surface area contributed by atoms with Crippen LogP contribution in [-0.2, 0) is 6.54 Å². The highest BCUT2D eigenvalue weighted by atomic mass is 35.5. The van der Waals surface area contributed by atoms with Gasteiger partial charge in [-0.1, -0.05) is 30.4 Å². The number of aromatic nitrogens is 1. The molecule has 0 saturated heterocycles. The Morgan fingerprint density at radius 1 is 1.37 bits per heavy atom. The van der Waals surface area contributed by atoms with Gasteiger partial charge in [0, 0.05) is 17.8 Å². The average molecular weight is 274 g/mol. The van der Waals surface area contributed by atoms with Gasteiger partial charge in [0.1, 0.15) is 0 Å². The number of halogens is 1. The number of allylic oxidation sites excluding steroid dienone is 1. The van der Waals surface area contributed by atoms with E-state index in [1.165, 1.54) is 12.8 Å². The van der Waals surface area contributed by atoms with Crippen LogP contribution >= 0.6 is 11.6 Å². The Morgan fingerprint density at radius 3 is 2.89 bits per heavy atom. The number of carbonyl (C=O) groups is 1. The first kappa shape index (κ1) is 12.5. The molecule has 0 aliphatic heterocycles. The van der Waals surface area contributed by atoms with E-state index >= 15 is 0 Å². The second-order valence-electron chi connectivity index (χ2n) is 5.08. The minimum atomic E-state index is 0.500. The number of hydrogen-bond donors (Lipinski definition) is 0. The van der Waals surface area contributed by atoms with Crippen LogP contribution in [0.15, 0.2) is 30.3 Å². The first-order valence-corrected chi connectivity index (χ1v) is 7.17. The lowest BCUT2D eigenvalue weighted by atomic mass is 10.1. The minimum Gasteiger partial charge on any atom is -0.338 e. The fourth-order valence-electron chi connectivity index (χ4n) is 2.53. The lowest BCUT2D eigenvalue weighted by molar-refractivity contribution is 0.111. The number of fused-ring (bicyclic) bond motifs is 1. The molecule has 0 unspecified atom stereocenters. The van der Waals surface area contributed by atoms with Crippen molar-refractivity contribution >= 4 is 34.9 Å². The summed E-state index contributed by atoms with van der Waals surface area (Å²) in [5.74, 6) is 1.24. The Hall–Kier alpha value is -1.54. The van der Waals surface area contributed by atoms with Gasteiger partial charge in [0.05, 0.1) is 11.2 Å². The van der Waals surface area contributed by atoms with Gasteiger partial charge in [-0.15, -0.1) is 11.6 Å². The molecule has 1 aliphatic rings. The SMILES string of the molecule is O=Cc1cc2cccc(C=CCCl)c2n1CC1CC1. The predicted molar refractivity (Wildman–Crippen MR) is 79.8 cm³/mol. The molecule has 0 atom stereocenters. The van der Waals surface area contributed by atoms with Crippen molar-refractivity contribution < 1.29 is 4.79 Å². The van der Waals surface area contributed by atoms with Crippen molar-refractivity contribution in [3.05, 3.63) is 41.6 Å². The van der Waals surface area contributed by atoms with E-state index in [0.29, 0.717) is 5.88 Å². The zero-order valence-corrected chi connectivity index (χ0v) is 11.4. The highest BCUT2D eigenvalue weighted by Gasteiger charge is 2.24. The summed E-state index contributed by atoms with van der Waals surface area (Å²) in [6.07, 6.45) is 7.48. The van der Waals surface area contributed by atoms with Crippen LogP contribution in [0.25, 0.3) is 17.0 Å². The summed E-state index contributed by atoms with van der Waals surface area (Å²) in [5, 5.41) is 1.12. The topological polar surface area (TPSA) is 22.0 Å². The molecule has 0 amide bonds. The van der Waals surface area contributed by atoms with Crippen molar-refractivity contribution in [3.63, 3.8) is 0 Å². The maximum Gasteiger partial charge on any atom is 0.166 e. The molecule has 1 aromatic heterocycles. The molecule has 0 radical (unpaired) electrons. The number of hydrogen-bond acceptors (Lipinski definition) is 1. The average Bonchev–Trinajstić information content (AvgIpc) is 3.17. The molecule has 2 nitrogen and oxygen atoms in total. The molecule has 1 aromatic carbocycles. The van der Waals surface area contributed by atoms with Crippen LogP contribution in [0.3, 0.4) is 0 Å². The van der Waals surface area contributed by atoms with Crippen LogP contribution in [0.1, 0.15) is 28.9 Å². The van der Waals surface area contributed by atoms with E-state index in [1.807, 2.05) is 24.3 Å². The summed E-state index contributed by atoms with van der Waals surface area (Å²) in [7, 11) is 0. The van der Waals surface area contributed by atoms with Gasteiger partial charge in [0.25, 0.3) is 0 Å². The van der Waals surface area contributed by atoms with Crippen LogP contribution in [0, 0.1) is 5.92 Å². The van der Waals surface area contributed by atoms with Crippen molar-refractivity contribution in [1.29, 1.82) is 0 Å². The summed E-state index contributed by atoms with van der Waals surface area (Å²) in [6, 6.07) is 8.13. The molecule has 0 spiro atoms. The fourth-order valence-corrected chi connectivity index (χ4v) is 2.62. The number of alkyl halides is 1. The molecular formula is C16H16ClNO. The summed E-state index contributed by atoms with van der Waals surface area (Å²) in [5.41, 5.74) is 3.05. The Labute approximate surface area is 117 Å². The lowest BCUT2D eigenvalue weighted by Gasteiger charge is -2.08. The van der Waals surface area contributed by atoms with E-state index in [9.17, 15) is 4.79 Å². The smallest absolute Gasteiger partial charge is 0.166 e. The van der Waals surface area contributed by atoms with Gasteiger partial charge >= 0.3 is 0 Å². The first-order chi connectivity index (χ1) is 9.33. The largest absolute Gasteiger partial charge is 0.338 e. The highest BCUT2D eigenvalue weighted by Crippen LogP contribution is 2.34. The molecule has 19 heavy (non-hydrogen) atoms. The van der Waals surface area contributed by atoms with Gasteiger partial charge < -0.3 is 4.57 Å². The number of carbonyl (C=O) groups excluding carboxylic acids is 1. The number of para-hydroxylation sites is 1. The zero-order valence-electron chi connectivity index (χ0n) is 10.7. The third kappa shape index (κ3) is 2.45. The molecule has 1 aliphatic carbocycles. The molecule has 3 heteroatoms. The number of rotatable bonds is 5. The van der Waals surface area contributed by atoms with E-state index in [0.717, 1.165) is 40.9 Å². The summed E-state index contributed by atoms with van der Waals surface area (Å²) >= 11 is 5.72. The molecule has 1 heterocycles. The molecule has 98 valence electrons. The summed E-state index contributed by atoms with van der Waals surface area (Å²) in [4.78, 5) is 11.3. The Morgan fingerprint density at radius 2 is 2.21 bits per heavy atom. The molecule has 1 saturated carbocycles. The number of nitrogens with zero attached hydrogens (tertiary/aromatic N) is 1. The Kier molecular flexibility index (Phi) is 3.43. The van der Waals surface area contributed by atoms with E-state index in [1.54, 1.807) is 0 Å². The van der Waals surface area contributed by atoms with Crippen molar-refractivity contribution in [2.75, 3.05) is 5.88 Å².